The summed E-state index contributed by atoms with van der Waals surface area (Å²) in [5.41, 5.74) is 5.88. The van der Waals surface area contributed by atoms with E-state index in [-0.39, 0.29) is 6.42 Å². The van der Waals surface area contributed by atoms with Crippen LogP contribution in [-0.2, 0) is 17.9 Å². The Morgan fingerprint density at radius 3 is 2.53 bits per heavy atom. The van der Waals surface area contributed by atoms with Gasteiger partial charge in [0, 0.05) is 47.6 Å². The van der Waals surface area contributed by atoms with Gasteiger partial charge in [-0.25, -0.2) is 4.98 Å². The van der Waals surface area contributed by atoms with E-state index in [1.165, 1.54) is 42.3 Å². The second-order valence-electron chi connectivity index (χ2n) is 10.5. The highest BCUT2D eigenvalue weighted by Gasteiger charge is 2.36. The van der Waals surface area contributed by atoms with E-state index in [1.807, 2.05) is 4.90 Å². The maximum absolute atomic E-state index is 11.6. The third kappa shape index (κ3) is 5.70. The molecule has 200 valence electrons. The van der Waals surface area contributed by atoms with Crippen LogP contribution in [0.3, 0.4) is 0 Å². The zero-order valence-corrected chi connectivity index (χ0v) is 23.0. The highest BCUT2D eigenvalue weighted by Crippen LogP contribution is 2.33. The minimum absolute atomic E-state index is 0.264. The molecule has 0 spiro atoms. The number of hydrogen-bond donors (Lipinski definition) is 2. The molecule has 0 bridgehead atoms. The Morgan fingerprint density at radius 1 is 1.08 bits per heavy atom. The number of hydrogen-bond acceptors (Lipinski definition) is 5. The quantitative estimate of drug-likeness (QED) is 0.230. The van der Waals surface area contributed by atoms with Crippen molar-refractivity contribution in [1.82, 2.24) is 14.5 Å². The number of benzene rings is 2. The summed E-state index contributed by atoms with van der Waals surface area (Å²) in [5, 5.41) is 23.6. The number of aliphatic hydroxyl groups is 1. The third-order valence-corrected chi connectivity index (χ3v) is 8.53. The van der Waals surface area contributed by atoms with Gasteiger partial charge in [-0.05, 0) is 36.0 Å². The Kier molecular flexibility index (Phi) is 8.27. The molecule has 6 nitrogen and oxygen atoms in total. The Balaban J connectivity index is 1.37. The summed E-state index contributed by atoms with van der Waals surface area (Å²) in [6, 6.07) is 16.9. The van der Waals surface area contributed by atoms with Crippen LogP contribution in [-0.4, -0.2) is 49.3 Å². The highest BCUT2D eigenvalue weighted by molar-refractivity contribution is 7.09. The number of aliphatic carboxylic acids is 1. The van der Waals surface area contributed by atoms with Crippen LogP contribution in [0.5, 0.6) is 0 Å². The van der Waals surface area contributed by atoms with Crippen molar-refractivity contribution < 1.29 is 15.0 Å². The van der Waals surface area contributed by atoms with E-state index in [0.29, 0.717) is 19.0 Å². The predicted octanol–water partition coefficient (Wildman–Crippen LogP) is 6.52. The molecule has 5 rings (SSSR count). The van der Waals surface area contributed by atoms with Crippen molar-refractivity contribution in [3.05, 3.63) is 76.2 Å². The summed E-state index contributed by atoms with van der Waals surface area (Å²) in [4.78, 5) is 18.3. The number of aromatic nitrogens is 2. The molecule has 2 N–H and O–H groups in total. The van der Waals surface area contributed by atoms with Crippen LogP contribution in [0.1, 0.15) is 68.0 Å². The first-order valence-corrected chi connectivity index (χ1v) is 14.6. The molecule has 38 heavy (non-hydrogen) atoms. The molecule has 1 aliphatic rings. The Bertz CT molecular complexity index is 1370. The van der Waals surface area contributed by atoms with Gasteiger partial charge in [0.2, 0.25) is 0 Å². The molecule has 1 saturated heterocycles. The second-order valence-corrected chi connectivity index (χ2v) is 11.4. The number of carbonyl (C=O) groups is 1. The largest absolute Gasteiger partial charge is 0.480 e. The summed E-state index contributed by atoms with van der Waals surface area (Å²) in [5.74, 6) is -0.243. The van der Waals surface area contributed by atoms with Gasteiger partial charge in [-0.3, -0.25) is 9.69 Å². The number of carboxylic acid groups (broad SMARTS) is 1. The summed E-state index contributed by atoms with van der Waals surface area (Å²) < 4.78 is 2.30. The van der Waals surface area contributed by atoms with E-state index in [2.05, 4.69) is 78.5 Å². The molecule has 7 heteroatoms. The van der Waals surface area contributed by atoms with Gasteiger partial charge >= 0.3 is 5.97 Å². The number of aliphatic hydroxyl groups excluding tert-OH is 1. The van der Waals surface area contributed by atoms with E-state index in [4.69, 9.17) is 4.98 Å². The third-order valence-electron chi connectivity index (χ3n) is 7.70. The minimum Gasteiger partial charge on any atom is -0.480 e. The maximum Gasteiger partial charge on any atom is 0.321 e. The summed E-state index contributed by atoms with van der Waals surface area (Å²) in [6.07, 6.45) is 6.75. The van der Waals surface area contributed by atoms with Crippen molar-refractivity contribution in [2.24, 2.45) is 0 Å². The average Bonchev–Trinajstić information content (AvgIpc) is 3.62. The predicted molar refractivity (Wildman–Crippen MR) is 154 cm³/mol. The lowest BCUT2D eigenvalue weighted by Crippen LogP contribution is -2.35. The number of β-amino-alcohol motifs (C(OH)–C–C–N with tert-alkyl or cyclic N) is 1. The molecule has 2 unspecified atom stereocenters. The van der Waals surface area contributed by atoms with Crippen LogP contribution >= 0.6 is 11.3 Å². The molecule has 2 aromatic heterocycles. The van der Waals surface area contributed by atoms with Crippen LogP contribution in [0.25, 0.3) is 22.2 Å². The van der Waals surface area contributed by atoms with E-state index in [0.717, 1.165) is 28.2 Å². The number of likely N-dealkylation sites (tertiary alicyclic amines) is 1. The van der Waals surface area contributed by atoms with Crippen molar-refractivity contribution in [1.29, 1.82) is 0 Å². The molecule has 2 atom stereocenters. The van der Waals surface area contributed by atoms with Crippen molar-refractivity contribution in [3.8, 4) is 11.3 Å². The number of para-hydroxylation sites is 1. The topological polar surface area (TPSA) is 78.6 Å². The average molecular weight is 532 g/mol. The molecule has 1 aliphatic heterocycles. The Labute approximate surface area is 228 Å². The van der Waals surface area contributed by atoms with Crippen LogP contribution in [0.4, 0.5) is 0 Å². The van der Waals surface area contributed by atoms with Gasteiger partial charge in [-0.1, -0.05) is 69.2 Å². The van der Waals surface area contributed by atoms with Crippen molar-refractivity contribution in [2.45, 2.75) is 77.1 Å². The first-order valence-electron chi connectivity index (χ1n) is 13.7. The second kappa shape index (κ2) is 11.8. The lowest BCUT2D eigenvalue weighted by molar-refractivity contribution is -0.142. The van der Waals surface area contributed by atoms with Gasteiger partial charge in [0.1, 0.15) is 11.0 Å². The van der Waals surface area contributed by atoms with E-state index >= 15 is 0 Å². The Hall–Kier alpha value is -3.00. The van der Waals surface area contributed by atoms with Crippen LogP contribution in [0.15, 0.2) is 60.1 Å². The first kappa shape index (κ1) is 26.6. The molecule has 4 aromatic rings. The summed E-state index contributed by atoms with van der Waals surface area (Å²) in [6.45, 7) is 6.11. The lowest BCUT2D eigenvalue weighted by atomic mass is 9.90. The molecule has 0 radical (unpaired) electrons. The zero-order chi connectivity index (χ0) is 26.6. The number of carboxylic acids is 1. The molecular formula is C31H37N3O3S. The lowest BCUT2D eigenvalue weighted by Gasteiger charge is -2.18. The molecule has 0 saturated carbocycles. The SMILES string of the molecule is CCCC(CCC)c1ccc(Cn2cc(-c3csc(CN4CC(O)CC4C(=O)O)n3)c3ccccc32)cc1. The molecular weight excluding hydrogens is 494 g/mol. The van der Waals surface area contributed by atoms with Crippen molar-refractivity contribution in [2.75, 3.05) is 6.54 Å². The standard InChI is InChI=1S/C31H37N3O3S/c1-3-7-22(8-4-2)23-13-11-21(12-14-23)16-33-18-26(25-9-5-6-10-28(25)33)27-20-38-30(32-27)19-34-17-24(35)15-29(34)31(36)37/h5-6,9-14,18,20,22,24,29,35H,3-4,7-8,15-17,19H2,1-2H3,(H,36,37). The maximum atomic E-state index is 11.6. The van der Waals surface area contributed by atoms with E-state index < -0.39 is 18.1 Å². The van der Waals surface area contributed by atoms with Crippen LogP contribution in [0.2, 0.25) is 0 Å². The number of rotatable bonds is 11. The molecule has 3 heterocycles. The number of fused-ring (bicyclic) bond motifs is 1. The first-order chi connectivity index (χ1) is 18.5. The molecule has 0 amide bonds. The molecule has 2 aromatic carbocycles. The van der Waals surface area contributed by atoms with Crippen molar-refractivity contribution in [3.63, 3.8) is 0 Å². The molecule has 1 fully saturated rings. The van der Waals surface area contributed by atoms with Gasteiger partial charge < -0.3 is 14.8 Å². The Morgan fingerprint density at radius 2 is 1.82 bits per heavy atom. The fourth-order valence-corrected chi connectivity index (χ4v) is 6.66. The fraction of sp³-hybridized carbons (Fsp3) is 0.419. The van der Waals surface area contributed by atoms with Gasteiger partial charge in [-0.15, -0.1) is 11.3 Å². The van der Waals surface area contributed by atoms with E-state index in [9.17, 15) is 15.0 Å². The summed E-state index contributed by atoms with van der Waals surface area (Å²) in [7, 11) is 0. The smallest absolute Gasteiger partial charge is 0.321 e. The summed E-state index contributed by atoms with van der Waals surface area (Å²) >= 11 is 1.54. The van der Waals surface area contributed by atoms with E-state index in [1.54, 1.807) is 11.3 Å². The van der Waals surface area contributed by atoms with Crippen molar-refractivity contribution >= 4 is 28.2 Å². The normalized spacial score (nSPS) is 18.1. The minimum atomic E-state index is -0.888. The fourth-order valence-electron chi connectivity index (χ4n) is 5.84. The number of nitrogens with zero attached hydrogens (tertiary/aromatic N) is 3. The van der Waals surface area contributed by atoms with Crippen LogP contribution < -0.4 is 0 Å². The van der Waals surface area contributed by atoms with Gasteiger partial charge in [0.15, 0.2) is 0 Å². The van der Waals surface area contributed by atoms with Gasteiger partial charge in [0.05, 0.1) is 18.3 Å². The van der Waals surface area contributed by atoms with Crippen LogP contribution in [0, 0.1) is 0 Å². The van der Waals surface area contributed by atoms with Gasteiger partial charge in [-0.2, -0.15) is 0 Å². The highest BCUT2D eigenvalue weighted by atomic mass is 32.1. The molecule has 0 aliphatic carbocycles. The number of thiazole rings is 1. The monoisotopic (exact) mass is 531 g/mol. The van der Waals surface area contributed by atoms with Gasteiger partial charge in [0.25, 0.3) is 0 Å². The zero-order valence-electron chi connectivity index (χ0n) is 22.2.